The maximum absolute atomic E-state index is 13.3. The fraction of sp³-hybridized carbons (Fsp3) is 0.500. The fourth-order valence-electron chi connectivity index (χ4n) is 1.70. The van der Waals surface area contributed by atoms with Crippen molar-refractivity contribution in [2.24, 2.45) is 0 Å². The molecule has 0 spiro atoms. The largest absolute Gasteiger partial charge is 0.261 e. The van der Waals surface area contributed by atoms with Crippen LogP contribution in [0.1, 0.15) is 35.8 Å². The SMILES string of the molecule is Cc1cnc2c(c1)C(F)CCC2. The molecule has 1 unspecified atom stereocenters. The van der Waals surface area contributed by atoms with Gasteiger partial charge >= 0.3 is 0 Å². The summed E-state index contributed by atoms with van der Waals surface area (Å²) in [4.78, 5) is 4.23. The van der Waals surface area contributed by atoms with E-state index in [2.05, 4.69) is 4.98 Å². The summed E-state index contributed by atoms with van der Waals surface area (Å²) >= 11 is 0. The highest BCUT2D eigenvalue weighted by molar-refractivity contribution is 5.28. The topological polar surface area (TPSA) is 12.9 Å². The Hall–Kier alpha value is -0.920. The normalized spacial score (nSPS) is 22.0. The molecule has 0 radical (unpaired) electrons. The number of hydrogen-bond donors (Lipinski definition) is 0. The molecule has 12 heavy (non-hydrogen) atoms. The van der Waals surface area contributed by atoms with E-state index in [-0.39, 0.29) is 0 Å². The number of hydrogen-bond acceptors (Lipinski definition) is 1. The third-order valence-corrected chi connectivity index (χ3v) is 2.35. The van der Waals surface area contributed by atoms with Gasteiger partial charge in [0, 0.05) is 17.5 Å². The Morgan fingerprint density at radius 2 is 2.42 bits per heavy atom. The van der Waals surface area contributed by atoms with Crippen LogP contribution in [0.25, 0.3) is 0 Å². The van der Waals surface area contributed by atoms with Gasteiger partial charge in [0.2, 0.25) is 0 Å². The molecule has 1 heterocycles. The smallest absolute Gasteiger partial charge is 0.127 e. The highest BCUT2D eigenvalue weighted by Crippen LogP contribution is 2.31. The van der Waals surface area contributed by atoms with E-state index in [1.807, 2.05) is 19.2 Å². The number of fused-ring (bicyclic) bond motifs is 1. The molecule has 0 aliphatic heterocycles. The molecule has 1 nitrogen and oxygen atoms in total. The van der Waals surface area contributed by atoms with E-state index in [9.17, 15) is 4.39 Å². The van der Waals surface area contributed by atoms with E-state index in [1.54, 1.807) is 0 Å². The Labute approximate surface area is 71.6 Å². The second-order valence-corrected chi connectivity index (χ2v) is 3.41. The predicted molar refractivity (Wildman–Crippen MR) is 45.8 cm³/mol. The van der Waals surface area contributed by atoms with E-state index in [1.165, 1.54) is 0 Å². The molecule has 0 saturated carbocycles. The van der Waals surface area contributed by atoms with Crippen LogP contribution < -0.4 is 0 Å². The average molecular weight is 165 g/mol. The molecular weight excluding hydrogens is 153 g/mol. The highest BCUT2D eigenvalue weighted by atomic mass is 19.1. The minimum atomic E-state index is -0.777. The lowest BCUT2D eigenvalue weighted by atomic mass is 9.94. The van der Waals surface area contributed by atoms with E-state index in [0.717, 1.165) is 29.7 Å². The first kappa shape index (κ1) is 7.71. The third-order valence-electron chi connectivity index (χ3n) is 2.35. The summed E-state index contributed by atoms with van der Waals surface area (Å²) < 4.78 is 13.3. The van der Waals surface area contributed by atoms with Gasteiger partial charge in [-0.05, 0) is 37.8 Å². The van der Waals surface area contributed by atoms with Crippen LogP contribution in [-0.2, 0) is 6.42 Å². The van der Waals surface area contributed by atoms with Crippen LogP contribution in [0.5, 0.6) is 0 Å². The molecule has 0 amide bonds. The molecule has 1 aliphatic carbocycles. The molecule has 0 saturated heterocycles. The molecule has 2 rings (SSSR count). The fourth-order valence-corrected chi connectivity index (χ4v) is 1.70. The van der Waals surface area contributed by atoms with E-state index in [0.29, 0.717) is 6.42 Å². The van der Waals surface area contributed by atoms with Crippen LogP contribution in [-0.4, -0.2) is 4.98 Å². The molecular formula is C10H12FN. The summed E-state index contributed by atoms with van der Waals surface area (Å²) in [7, 11) is 0. The van der Waals surface area contributed by atoms with Gasteiger partial charge in [-0.2, -0.15) is 0 Å². The van der Waals surface area contributed by atoms with Crippen molar-refractivity contribution in [1.29, 1.82) is 0 Å². The molecule has 0 aromatic carbocycles. The molecule has 1 atom stereocenters. The number of aromatic nitrogens is 1. The first-order valence-electron chi connectivity index (χ1n) is 4.37. The first-order chi connectivity index (χ1) is 5.77. The van der Waals surface area contributed by atoms with Gasteiger partial charge in [0.25, 0.3) is 0 Å². The van der Waals surface area contributed by atoms with Gasteiger partial charge in [-0.3, -0.25) is 4.98 Å². The zero-order chi connectivity index (χ0) is 8.55. The quantitative estimate of drug-likeness (QED) is 0.576. The van der Waals surface area contributed by atoms with Crippen molar-refractivity contribution in [1.82, 2.24) is 4.98 Å². The van der Waals surface area contributed by atoms with Gasteiger partial charge < -0.3 is 0 Å². The minimum Gasteiger partial charge on any atom is -0.261 e. The molecule has 1 aliphatic rings. The maximum Gasteiger partial charge on any atom is 0.127 e. The third kappa shape index (κ3) is 1.22. The Morgan fingerprint density at radius 3 is 3.25 bits per heavy atom. The lowest BCUT2D eigenvalue weighted by molar-refractivity contribution is 0.300. The van der Waals surface area contributed by atoms with Gasteiger partial charge in [-0.15, -0.1) is 0 Å². The van der Waals surface area contributed by atoms with Crippen molar-refractivity contribution in [3.63, 3.8) is 0 Å². The van der Waals surface area contributed by atoms with Crippen molar-refractivity contribution in [2.75, 3.05) is 0 Å². The summed E-state index contributed by atoms with van der Waals surface area (Å²) in [6.07, 6.45) is 3.58. The maximum atomic E-state index is 13.3. The lowest BCUT2D eigenvalue weighted by Gasteiger charge is -2.18. The standard InChI is InChI=1S/C10H12FN/c1-7-5-8-9(11)3-2-4-10(8)12-6-7/h5-6,9H,2-4H2,1H3. The zero-order valence-electron chi connectivity index (χ0n) is 7.18. The number of halogens is 1. The lowest BCUT2D eigenvalue weighted by Crippen LogP contribution is -2.08. The van der Waals surface area contributed by atoms with Crippen molar-refractivity contribution in [3.8, 4) is 0 Å². The second kappa shape index (κ2) is 2.85. The van der Waals surface area contributed by atoms with E-state index in [4.69, 9.17) is 0 Å². The molecule has 0 N–H and O–H groups in total. The molecule has 0 bridgehead atoms. The van der Waals surface area contributed by atoms with E-state index >= 15 is 0 Å². The summed E-state index contributed by atoms with van der Waals surface area (Å²) in [6, 6.07) is 1.92. The molecule has 1 aromatic rings. The molecule has 2 heteroatoms. The van der Waals surface area contributed by atoms with Gasteiger partial charge in [-0.25, -0.2) is 4.39 Å². The average Bonchev–Trinajstić information content (AvgIpc) is 2.07. The Kier molecular flexibility index (Phi) is 1.83. The second-order valence-electron chi connectivity index (χ2n) is 3.41. The molecule has 0 fully saturated rings. The first-order valence-corrected chi connectivity index (χ1v) is 4.37. The molecule has 1 aromatic heterocycles. The van der Waals surface area contributed by atoms with Crippen LogP contribution in [0.4, 0.5) is 4.39 Å². The van der Waals surface area contributed by atoms with Crippen LogP contribution in [0.3, 0.4) is 0 Å². The summed E-state index contributed by atoms with van der Waals surface area (Å²) in [6.45, 7) is 1.95. The number of nitrogens with zero attached hydrogens (tertiary/aromatic N) is 1. The van der Waals surface area contributed by atoms with Crippen molar-refractivity contribution < 1.29 is 4.39 Å². The van der Waals surface area contributed by atoms with Crippen molar-refractivity contribution in [3.05, 3.63) is 29.1 Å². The Balaban J connectivity index is 2.47. The van der Waals surface area contributed by atoms with E-state index < -0.39 is 6.17 Å². The van der Waals surface area contributed by atoms with Gasteiger partial charge in [0.15, 0.2) is 0 Å². The number of alkyl halides is 1. The predicted octanol–water partition coefficient (Wildman–Crippen LogP) is 2.74. The summed E-state index contributed by atoms with van der Waals surface area (Å²) in [5.74, 6) is 0. The van der Waals surface area contributed by atoms with Crippen molar-refractivity contribution >= 4 is 0 Å². The zero-order valence-corrected chi connectivity index (χ0v) is 7.18. The number of rotatable bonds is 0. The van der Waals surface area contributed by atoms with Crippen LogP contribution in [0, 0.1) is 6.92 Å². The number of pyridine rings is 1. The summed E-state index contributed by atoms with van der Waals surface area (Å²) in [5, 5.41) is 0. The number of aryl methyl sites for hydroxylation is 2. The highest BCUT2D eigenvalue weighted by Gasteiger charge is 2.19. The van der Waals surface area contributed by atoms with Crippen molar-refractivity contribution in [2.45, 2.75) is 32.4 Å². The van der Waals surface area contributed by atoms with Gasteiger partial charge in [0.05, 0.1) is 0 Å². The van der Waals surface area contributed by atoms with Crippen LogP contribution in [0.2, 0.25) is 0 Å². The summed E-state index contributed by atoms with van der Waals surface area (Å²) in [5.41, 5.74) is 2.83. The Morgan fingerprint density at radius 1 is 1.58 bits per heavy atom. The van der Waals surface area contributed by atoms with Gasteiger partial charge in [-0.1, -0.05) is 0 Å². The van der Waals surface area contributed by atoms with Crippen LogP contribution in [0.15, 0.2) is 12.3 Å². The Bertz CT molecular complexity index is 296. The van der Waals surface area contributed by atoms with Gasteiger partial charge in [0.1, 0.15) is 6.17 Å². The monoisotopic (exact) mass is 165 g/mol. The van der Waals surface area contributed by atoms with Crippen LogP contribution >= 0.6 is 0 Å². The minimum absolute atomic E-state index is 0.665. The molecule has 64 valence electrons.